The number of carbonyl (C=O) groups excluding carboxylic acids is 1. The molecule has 6 heteroatoms. The number of aldehydes is 1. The highest BCUT2D eigenvalue weighted by Crippen LogP contribution is 2.17. The van der Waals surface area contributed by atoms with Gasteiger partial charge in [0.25, 0.3) is 0 Å². The van der Waals surface area contributed by atoms with Gasteiger partial charge >= 0.3 is 0 Å². The first-order valence-corrected chi connectivity index (χ1v) is 8.92. The van der Waals surface area contributed by atoms with E-state index in [4.69, 9.17) is 0 Å². The van der Waals surface area contributed by atoms with Crippen LogP contribution in [0.5, 0.6) is 0 Å². The van der Waals surface area contributed by atoms with E-state index < -0.39 is 0 Å². The van der Waals surface area contributed by atoms with Gasteiger partial charge in [0.05, 0.1) is 6.04 Å². The summed E-state index contributed by atoms with van der Waals surface area (Å²) in [6.45, 7) is 8.19. The quantitative estimate of drug-likeness (QED) is 0.718. The molecule has 1 atom stereocenters. The second-order valence-electron chi connectivity index (χ2n) is 7.06. The van der Waals surface area contributed by atoms with Crippen LogP contribution >= 0.6 is 0 Å². The highest BCUT2D eigenvalue weighted by Gasteiger charge is 2.23. The summed E-state index contributed by atoms with van der Waals surface area (Å²) in [4.78, 5) is 25.5. The van der Waals surface area contributed by atoms with E-state index >= 15 is 0 Å². The maximum absolute atomic E-state index is 11.6. The summed E-state index contributed by atoms with van der Waals surface area (Å²) in [5, 5.41) is 0. The molecule has 0 amide bonds. The van der Waals surface area contributed by atoms with Crippen LogP contribution in [0.25, 0.3) is 0 Å². The third kappa shape index (κ3) is 4.32. The first-order chi connectivity index (χ1) is 11.7. The van der Waals surface area contributed by atoms with Crippen molar-refractivity contribution in [3.05, 3.63) is 23.9 Å². The SMILES string of the molecule is CN1CCN(c2cc(CC(C=O)N3CCN(C)CC3)ccn2)CC1. The zero-order valence-corrected chi connectivity index (χ0v) is 14.9. The lowest BCUT2D eigenvalue weighted by atomic mass is 10.1. The van der Waals surface area contributed by atoms with Crippen molar-refractivity contribution in [2.75, 3.05) is 71.4 Å². The molecule has 1 unspecified atom stereocenters. The van der Waals surface area contributed by atoms with Crippen molar-refractivity contribution >= 4 is 12.1 Å². The Labute approximate surface area is 145 Å². The van der Waals surface area contributed by atoms with Crippen molar-refractivity contribution in [3.8, 4) is 0 Å². The Hall–Kier alpha value is -1.50. The van der Waals surface area contributed by atoms with Crippen LogP contribution in [0.2, 0.25) is 0 Å². The highest BCUT2D eigenvalue weighted by atomic mass is 16.1. The Morgan fingerprint density at radius 2 is 1.67 bits per heavy atom. The van der Waals surface area contributed by atoms with Crippen LogP contribution in [-0.2, 0) is 11.2 Å². The monoisotopic (exact) mass is 331 g/mol. The van der Waals surface area contributed by atoms with E-state index in [0.29, 0.717) is 0 Å². The molecule has 0 spiro atoms. The minimum atomic E-state index is -0.0264. The van der Waals surface area contributed by atoms with E-state index in [1.807, 2.05) is 12.3 Å². The molecule has 0 radical (unpaired) electrons. The van der Waals surface area contributed by atoms with Crippen LogP contribution in [0, 0.1) is 0 Å². The van der Waals surface area contributed by atoms with Gasteiger partial charge in [-0.05, 0) is 38.2 Å². The van der Waals surface area contributed by atoms with Crippen molar-refractivity contribution in [2.45, 2.75) is 12.5 Å². The van der Waals surface area contributed by atoms with Gasteiger partial charge in [-0.1, -0.05) is 0 Å². The summed E-state index contributed by atoms with van der Waals surface area (Å²) in [6, 6.07) is 4.19. The second-order valence-corrected chi connectivity index (χ2v) is 7.06. The Kier molecular flexibility index (Phi) is 5.81. The van der Waals surface area contributed by atoms with E-state index in [9.17, 15) is 4.79 Å². The molecule has 132 valence electrons. The lowest BCUT2D eigenvalue weighted by molar-refractivity contribution is -0.113. The molecular formula is C18H29N5O. The number of pyridine rings is 1. The number of anilines is 1. The number of likely N-dealkylation sites (N-methyl/N-ethyl adjacent to an activating group) is 2. The molecule has 2 fully saturated rings. The van der Waals surface area contributed by atoms with Crippen molar-refractivity contribution in [3.63, 3.8) is 0 Å². The van der Waals surface area contributed by atoms with Gasteiger partial charge in [0, 0.05) is 58.6 Å². The summed E-state index contributed by atoms with van der Waals surface area (Å²) in [6.07, 6.45) is 3.77. The van der Waals surface area contributed by atoms with Crippen molar-refractivity contribution in [1.29, 1.82) is 0 Å². The molecule has 2 aliphatic rings. The molecule has 1 aromatic rings. The Morgan fingerprint density at radius 3 is 2.29 bits per heavy atom. The van der Waals surface area contributed by atoms with Gasteiger partial charge in [-0.15, -0.1) is 0 Å². The first kappa shape index (κ1) is 17.3. The zero-order chi connectivity index (χ0) is 16.9. The van der Waals surface area contributed by atoms with Gasteiger partial charge < -0.3 is 19.5 Å². The van der Waals surface area contributed by atoms with Gasteiger partial charge in [-0.2, -0.15) is 0 Å². The molecule has 2 saturated heterocycles. The fraction of sp³-hybridized carbons (Fsp3) is 0.667. The number of carbonyl (C=O) groups is 1. The van der Waals surface area contributed by atoms with E-state index in [2.05, 4.69) is 44.7 Å². The van der Waals surface area contributed by atoms with E-state index in [-0.39, 0.29) is 6.04 Å². The predicted octanol–water partition coefficient (Wildman–Crippen LogP) is 0.191. The Balaban J connectivity index is 1.63. The summed E-state index contributed by atoms with van der Waals surface area (Å²) < 4.78 is 0. The van der Waals surface area contributed by atoms with Gasteiger partial charge in [-0.3, -0.25) is 4.90 Å². The maximum Gasteiger partial charge on any atom is 0.137 e. The van der Waals surface area contributed by atoms with Crippen molar-refractivity contribution in [2.24, 2.45) is 0 Å². The standard InChI is InChI=1S/C18H29N5O/c1-20-5-9-22(10-6-20)17(15-24)13-16-3-4-19-18(14-16)23-11-7-21(2)8-12-23/h3-4,14-15,17H,5-13H2,1-2H3. The van der Waals surface area contributed by atoms with Crippen LogP contribution in [-0.4, -0.2) is 98.5 Å². The number of aromatic nitrogens is 1. The number of hydrogen-bond donors (Lipinski definition) is 0. The molecule has 2 aliphatic heterocycles. The molecule has 24 heavy (non-hydrogen) atoms. The van der Waals surface area contributed by atoms with Crippen LogP contribution in [0.3, 0.4) is 0 Å². The zero-order valence-electron chi connectivity index (χ0n) is 14.9. The number of hydrogen-bond acceptors (Lipinski definition) is 6. The minimum absolute atomic E-state index is 0.0264. The summed E-state index contributed by atoms with van der Waals surface area (Å²) >= 11 is 0. The average Bonchev–Trinajstić information content (AvgIpc) is 2.61. The molecule has 3 rings (SSSR count). The largest absolute Gasteiger partial charge is 0.354 e. The van der Waals surface area contributed by atoms with E-state index in [1.165, 1.54) is 5.56 Å². The Morgan fingerprint density at radius 1 is 1.04 bits per heavy atom. The third-order valence-electron chi connectivity index (χ3n) is 5.25. The van der Waals surface area contributed by atoms with E-state index in [1.54, 1.807) is 0 Å². The molecular weight excluding hydrogens is 302 g/mol. The molecule has 0 bridgehead atoms. The van der Waals surface area contributed by atoms with Gasteiger partial charge in [0.1, 0.15) is 12.1 Å². The average molecular weight is 331 g/mol. The first-order valence-electron chi connectivity index (χ1n) is 8.92. The maximum atomic E-state index is 11.6. The van der Waals surface area contributed by atoms with Crippen LogP contribution in [0.4, 0.5) is 5.82 Å². The molecule has 3 heterocycles. The van der Waals surface area contributed by atoms with Crippen molar-refractivity contribution < 1.29 is 4.79 Å². The van der Waals surface area contributed by atoms with Gasteiger partial charge in [0.15, 0.2) is 0 Å². The summed E-state index contributed by atoms with van der Waals surface area (Å²) in [5.41, 5.74) is 1.20. The fourth-order valence-corrected chi connectivity index (χ4v) is 3.45. The Bertz CT molecular complexity index is 536. The van der Waals surface area contributed by atoms with E-state index in [0.717, 1.165) is 70.9 Å². The minimum Gasteiger partial charge on any atom is -0.354 e. The topological polar surface area (TPSA) is 42.9 Å². The highest BCUT2D eigenvalue weighted by molar-refractivity contribution is 5.59. The van der Waals surface area contributed by atoms with Crippen LogP contribution < -0.4 is 4.90 Å². The summed E-state index contributed by atoms with van der Waals surface area (Å²) in [5.74, 6) is 1.05. The second kappa shape index (κ2) is 8.05. The van der Waals surface area contributed by atoms with Crippen molar-refractivity contribution in [1.82, 2.24) is 19.7 Å². The number of piperazine rings is 2. The van der Waals surface area contributed by atoms with Crippen LogP contribution in [0.1, 0.15) is 5.56 Å². The predicted molar refractivity (Wildman–Crippen MR) is 96.6 cm³/mol. The molecule has 6 nitrogen and oxygen atoms in total. The lowest BCUT2D eigenvalue weighted by Crippen LogP contribution is -2.50. The normalized spacial score (nSPS) is 22.5. The fourth-order valence-electron chi connectivity index (χ4n) is 3.45. The third-order valence-corrected chi connectivity index (χ3v) is 5.25. The molecule has 0 saturated carbocycles. The molecule has 1 aromatic heterocycles. The molecule has 0 aromatic carbocycles. The molecule has 0 aliphatic carbocycles. The molecule has 0 N–H and O–H groups in total. The lowest BCUT2D eigenvalue weighted by Gasteiger charge is -2.36. The smallest absolute Gasteiger partial charge is 0.137 e. The van der Waals surface area contributed by atoms with Gasteiger partial charge in [0.2, 0.25) is 0 Å². The number of rotatable bonds is 5. The number of nitrogens with zero attached hydrogens (tertiary/aromatic N) is 5. The van der Waals surface area contributed by atoms with Crippen LogP contribution in [0.15, 0.2) is 18.3 Å². The van der Waals surface area contributed by atoms with Gasteiger partial charge in [-0.25, -0.2) is 4.98 Å². The summed E-state index contributed by atoms with van der Waals surface area (Å²) in [7, 11) is 4.30.